The molecule has 0 saturated heterocycles. The normalized spacial score (nSPS) is 15.4. The third kappa shape index (κ3) is 5.83. The van der Waals surface area contributed by atoms with Gasteiger partial charge in [0.15, 0.2) is 16.4 Å². The Hall–Kier alpha value is -3.92. The van der Waals surface area contributed by atoms with Crippen LogP contribution in [-0.2, 0) is 24.2 Å². The average Bonchev–Trinajstić information content (AvgIpc) is 3.57. The van der Waals surface area contributed by atoms with E-state index in [1.54, 1.807) is 43.5 Å². The van der Waals surface area contributed by atoms with Gasteiger partial charge in [0.25, 0.3) is 5.91 Å². The maximum atomic E-state index is 12.9. The molecule has 0 saturated carbocycles. The molecule has 0 bridgehead atoms. The molecule has 188 valence electrons. The summed E-state index contributed by atoms with van der Waals surface area (Å²) in [6, 6.07) is 16.7. The maximum Gasteiger partial charge on any atom is 0.307 e. The van der Waals surface area contributed by atoms with Crippen molar-refractivity contribution in [3.8, 4) is 5.75 Å². The molecule has 1 atom stereocenters. The molecule has 2 heterocycles. The Morgan fingerprint density at radius 1 is 1.08 bits per heavy atom. The minimum Gasteiger partial charge on any atom is -0.497 e. The minimum atomic E-state index is -3.65. The number of hydrogen-bond donors (Lipinski definition) is 0. The van der Waals surface area contributed by atoms with Gasteiger partial charge in [0.05, 0.1) is 36.2 Å². The van der Waals surface area contributed by atoms with Crippen molar-refractivity contribution in [2.24, 2.45) is 5.10 Å². The molecule has 1 amide bonds. The van der Waals surface area contributed by atoms with Crippen molar-refractivity contribution in [1.29, 1.82) is 0 Å². The number of furan rings is 1. The van der Waals surface area contributed by atoms with E-state index in [0.717, 1.165) is 11.1 Å². The number of ether oxygens (including phenoxy) is 2. The molecule has 0 radical (unpaired) electrons. The van der Waals surface area contributed by atoms with Gasteiger partial charge in [0.1, 0.15) is 17.6 Å². The summed E-state index contributed by atoms with van der Waals surface area (Å²) in [4.78, 5) is 25.3. The molecule has 0 fully saturated rings. The van der Waals surface area contributed by atoms with E-state index in [-0.39, 0.29) is 11.3 Å². The van der Waals surface area contributed by atoms with Crippen LogP contribution in [-0.4, -0.2) is 50.5 Å². The Morgan fingerprint density at radius 2 is 1.81 bits per heavy atom. The summed E-state index contributed by atoms with van der Waals surface area (Å²) in [6.07, 6.45) is 1.55. The SMILES string of the molecule is COc1ccc(C2=NN(C(=O)COC(=O)CCS(=O)(=O)c3ccc(C)cc3)C(c3ccco3)C2)cc1. The van der Waals surface area contributed by atoms with Crippen LogP contribution in [0.15, 0.2) is 81.3 Å². The summed E-state index contributed by atoms with van der Waals surface area (Å²) < 4.78 is 40.7. The highest BCUT2D eigenvalue weighted by atomic mass is 32.2. The van der Waals surface area contributed by atoms with Crippen molar-refractivity contribution in [2.45, 2.75) is 30.7 Å². The van der Waals surface area contributed by atoms with Gasteiger partial charge in [-0.15, -0.1) is 0 Å². The fraction of sp³-hybridized carbons (Fsp3) is 0.269. The van der Waals surface area contributed by atoms with Gasteiger partial charge in [-0.05, 0) is 61.0 Å². The van der Waals surface area contributed by atoms with Crippen molar-refractivity contribution >= 4 is 27.4 Å². The Morgan fingerprint density at radius 3 is 2.44 bits per heavy atom. The lowest BCUT2D eigenvalue weighted by Crippen LogP contribution is -2.31. The molecule has 1 unspecified atom stereocenters. The van der Waals surface area contributed by atoms with Crippen LogP contribution in [0.2, 0.25) is 0 Å². The first-order valence-corrected chi connectivity index (χ1v) is 12.9. The zero-order chi connectivity index (χ0) is 25.7. The first kappa shape index (κ1) is 25.2. The zero-order valence-corrected chi connectivity index (χ0v) is 20.7. The molecule has 3 aromatic rings. The van der Waals surface area contributed by atoms with Crippen LogP contribution in [0.5, 0.6) is 5.75 Å². The fourth-order valence-corrected chi connectivity index (χ4v) is 4.98. The van der Waals surface area contributed by atoms with Gasteiger partial charge in [-0.1, -0.05) is 17.7 Å². The predicted molar refractivity (Wildman–Crippen MR) is 131 cm³/mol. The monoisotopic (exact) mass is 510 g/mol. The van der Waals surface area contributed by atoms with Crippen LogP contribution in [0, 0.1) is 6.92 Å². The summed E-state index contributed by atoms with van der Waals surface area (Å²) in [5.74, 6) is -0.501. The molecule has 9 nitrogen and oxygen atoms in total. The molecule has 1 aliphatic heterocycles. The van der Waals surface area contributed by atoms with Gasteiger partial charge in [-0.3, -0.25) is 9.59 Å². The van der Waals surface area contributed by atoms with E-state index in [2.05, 4.69) is 5.10 Å². The van der Waals surface area contributed by atoms with Gasteiger partial charge in [0, 0.05) is 6.42 Å². The van der Waals surface area contributed by atoms with Crippen LogP contribution >= 0.6 is 0 Å². The molecule has 2 aromatic carbocycles. The number of amides is 1. The number of benzene rings is 2. The second kappa shape index (κ2) is 10.8. The van der Waals surface area contributed by atoms with Crippen LogP contribution in [0.4, 0.5) is 0 Å². The van der Waals surface area contributed by atoms with Crippen LogP contribution in [0.3, 0.4) is 0 Å². The number of nitrogens with zero attached hydrogens (tertiary/aromatic N) is 2. The smallest absolute Gasteiger partial charge is 0.307 e. The largest absolute Gasteiger partial charge is 0.497 e. The van der Waals surface area contributed by atoms with E-state index >= 15 is 0 Å². The van der Waals surface area contributed by atoms with E-state index in [4.69, 9.17) is 13.9 Å². The molecule has 0 N–H and O–H groups in total. The lowest BCUT2D eigenvalue weighted by molar-refractivity contribution is -0.152. The minimum absolute atomic E-state index is 0.135. The Labute approximate surface area is 209 Å². The van der Waals surface area contributed by atoms with Gasteiger partial charge in [-0.2, -0.15) is 5.10 Å². The Bertz CT molecular complexity index is 1350. The molecule has 10 heteroatoms. The number of carbonyl (C=O) groups excluding carboxylic acids is 2. The summed E-state index contributed by atoms with van der Waals surface area (Å²) >= 11 is 0. The van der Waals surface area contributed by atoms with Crippen LogP contribution in [0.25, 0.3) is 0 Å². The van der Waals surface area contributed by atoms with Gasteiger partial charge < -0.3 is 13.9 Å². The second-order valence-corrected chi connectivity index (χ2v) is 10.4. The summed E-state index contributed by atoms with van der Waals surface area (Å²) in [5, 5.41) is 5.72. The Kier molecular flexibility index (Phi) is 7.54. The van der Waals surface area contributed by atoms with Crippen molar-refractivity contribution in [3.05, 3.63) is 83.8 Å². The Balaban J connectivity index is 1.39. The maximum absolute atomic E-state index is 12.9. The highest BCUT2D eigenvalue weighted by molar-refractivity contribution is 7.91. The highest BCUT2D eigenvalue weighted by Crippen LogP contribution is 2.33. The summed E-state index contributed by atoms with van der Waals surface area (Å²) in [7, 11) is -2.07. The van der Waals surface area contributed by atoms with Crippen molar-refractivity contribution in [2.75, 3.05) is 19.5 Å². The third-order valence-corrected chi connectivity index (χ3v) is 7.50. The second-order valence-electron chi connectivity index (χ2n) is 8.29. The molecule has 0 aliphatic carbocycles. The van der Waals surface area contributed by atoms with E-state index in [1.807, 2.05) is 19.1 Å². The first-order valence-electron chi connectivity index (χ1n) is 11.3. The number of hydrogen-bond acceptors (Lipinski definition) is 8. The van der Waals surface area contributed by atoms with Crippen molar-refractivity contribution < 1.29 is 31.9 Å². The number of sulfone groups is 1. The molecular weight excluding hydrogens is 484 g/mol. The molecule has 36 heavy (non-hydrogen) atoms. The van der Waals surface area contributed by atoms with E-state index < -0.39 is 40.1 Å². The zero-order valence-electron chi connectivity index (χ0n) is 19.9. The van der Waals surface area contributed by atoms with Gasteiger partial charge >= 0.3 is 5.97 Å². The van der Waals surface area contributed by atoms with E-state index in [0.29, 0.717) is 23.6 Å². The molecular formula is C26H26N2O7S. The highest BCUT2D eigenvalue weighted by Gasteiger charge is 2.35. The number of hydrazone groups is 1. The number of rotatable bonds is 9. The topological polar surface area (TPSA) is 115 Å². The van der Waals surface area contributed by atoms with Crippen molar-refractivity contribution in [1.82, 2.24) is 5.01 Å². The van der Waals surface area contributed by atoms with E-state index in [1.165, 1.54) is 23.4 Å². The summed E-state index contributed by atoms with van der Waals surface area (Å²) in [5.41, 5.74) is 2.42. The van der Waals surface area contributed by atoms with Crippen molar-refractivity contribution in [3.63, 3.8) is 0 Å². The van der Waals surface area contributed by atoms with Gasteiger partial charge in [0.2, 0.25) is 0 Å². The quantitative estimate of drug-likeness (QED) is 0.403. The number of esters is 1. The first-order chi connectivity index (χ1) is 17.3. The number of carbonyl (C=O) groups is 2. The third-order valence-electron chi connectivity index (χ3n) is 5.77. The molecule has 1 aliphatic rings. The molecule has 4 rings (SSSR count). The van der Waals surface area contributed by atoms with Crippen LogP contribution in [0.1, 0.15) is 35.8 Å². The number of methoxy groups -OCH3 is 1. The molecule has 0 spiro atoms. The lowest BCUT2D eigenvalue weighted by Gasteiger charge is -2.19. The lowest BCUT2D eigenvalue weighted by atomic mass is 10.0. The fourth-order valence-electron chi connectivity index (χ4n) is 3.76. The molecule has 1 aromatic heterocycles. The summed E-state index contributed by atoms with van der Waals surface area (Å²) in [6.45, 7) is 1.28. The standard InChI is InChI=1S/C26H26N2O7S/c1-18-5-11-21(12-6-18)36(31,32)15-13-26(30)35-17-25(29)28-23(24-4-3-14-34-24)16-22(27-28)19-7-9-20(33-2)10-8-19/h3-12,14,23H,13,15-17H2,1-2H3. The number of aryl methyl sites for hydroxylation is 1. The average molecular weight is 511 g/mol. The van der Waals surface area contributed by atoms with Crippen LogP contribution < -0.4 is 4.74 Å². The van der Waals surface area contributed by atoms with E-state index in [9.17, 15) is 18.0 Å². The predicted octanol–water partition coefficient (Wildman–Crippen LogP) is 3.68. The van der Waals surface area contributed by atoms with Gasteiger partial charge in [-0.25, -0.2) is 13.4 Å².